The van der Waals surface area contributed by atoms with E-state index in [1.807, 2.05) is 0 Å². The van der Waals surface area contributed by atoms with Gasteiger partial charge in [0.2, 0.25) is 5.91 Å². The van der Waals surface area contributed by atoms with E-state index in [1.165, 1.54) is 0 Å². The van der Waals surface area contributed by atoms with Crippen LogP contribution in [-0.4, -0.2) is 49.7 Å². The molecule has 1 aliphatic heterocycles. The van der Waals surface area contributed by atoms with Gasteiger partial charge in [0.1, 0.15) is 6.10 Å². The van der Waals surface area contributed by atoms with Gasteiger partial charge in [-0.05, 0) is 12.5 Å². The summed E-state index contributed by atoms with van der Waals surface area (Å²) in [5.41, 5.74) is 0.652. The highest BCUT2D eigenvalue weighted by molar-refractivity contribution is 5.95. The monoisotopic (exact) mass is 383 g/mol. The lowest BCUT2D eigenvalue weighted by molar-refractivity contribution is -0.158. The molecule has 1 aromatic heterocycles. The number of hydrogen-bond donors (Lipinski definition) is 1. The van der Waals surface area contributed by atoms with E-state index < -0.39 is 49.1 Å². The van der Waals surface area contributed by atoms with Gasteiger partial charge in [-0.25, -0.2) is 9.69 Å². The van der Waals surface area contributed by atoms with E-state index in [-0.39, 0.29) is 5.82 Å². The number of hydrogen-bond acceptors (Lipinski definition) is 6. The highest BCUT2D eigenvalue weighted by Crippen LogP contribution is 2.35. The molecule has 0 bridgehead atoms. The van der Waals surface area contributed by atoms with Crippen molar-refractivity contribution in [3.05, 3.63) is 41.7 Å². The topological polar surface area (TPSA) is 101 Å². The number of aromatic amines is 1. The molecule has 1 N–H and O–H groups in total. The molecule has 1 unspecified atom stereocenters. The lowest BCUT2D eigenvalue weighted by Crippen LogP contribution is -2.43. The number of cyclic esters (lactones) is 1. The van der Waals surface area contributed by atoms with Gasteiger partial charge in [-0.3, -0.25) is 4.79 Å². The van der Waals surface area contributed by atoms with Gasteiger partial charge in [0, 0.05) is 6.42 Å². The predicted molar refractivity (Wildman–Crippen MR) is 84.0 cm³/mol. The Morgan fingerprint density at radius 3 is 2.63 bits per heavy atom. The zero-order valence-electron chi connectivity index (χ0n) is 14.2. The SMILES string of the molecule is C[C@@H]1[C@H](c2ccccc2)OC(=O)N1C(=O)C(Cc1nn[nH]n1)CC(F)(F)F. The van der Waals surface area contributed by atoms with Crippen molar-refractivity contribution < 1.29 is 27.5 Å². The normalized spacial score (nSPS) is 21.2. The Morgan fingerprint density at radius 2 is 2.04 bits per heavy atom. The number of carbonyl (C=O) groups is 2. The summed E-state index contributed by atoms with van der Waals surface area (Å²) in [6.45, 7) is 1.56. The summed E-state index contributed by atoms with van der Waals surface area (Å²) in [6, 6.07) is 7.93. The molecular weight excluding hydrogens is 367 g/mol. The van der Waals surface area contributed by atoms with Crippen molar-refractivity contribution in [1.29, 1.82) is 0 Å². The second-order valence-electron chi connectivity index (χ2n) is 6.21. The molecular formula is C16H16F3N5O3. The first-order valence-electron chi connectivity index (χ1n) is 8.14. The Hall–Kier alpha value is -2.98. The maximum absolute atomic E-state index is 13.0. The average Bonchev–Trinajstić information content (AvgIpc) is 3.21. The maximum atomic E-state index is 13.0. The molecule has 1 aliphatic rings. The lowest BCUT2D eigenvalue weighted by Gasteiger charge is -2.24. The number of halogens is 3. The highest BCUT2D eigenvalue weighted by atomic mass is 19.4. The zero-order chi connectivity index (χ0) is 19.6. The number of imide groups is 1. The minimum absolute atomic E-state index is 0.0440. The van der Waals surface area contributed by atoms with E-state index in [4.69, 9.17) is 4.74 Å². The Kier molecular flexibility index (Phi) is 5.10. The second kappa shape index (κ2) is 7.33. The number of aromatic nitrogens is 4. The van der Waals surface area contributed by atoms with Crippen molar-refractivity contribution in [3.8, 4) is 0 Å². The quantitative estimate of drug-likeness (QED) is 0.851. The molecule has 2 heterocycles. The fourth-order valence-corrected chi connectivity index (χ4v) is 3.06. The first kappa shape index (κ1) is 18.8. The molecule has 0 aliphatic carbocycles. The number of tetrazole rings is 1. The van der Waals surface area contributed by atoms with Gasteiger partial charge < -0.3 is 4.74 Å². The van der Waals surface area contributed by atoms with Crippen LogP contribution in [0.2, 0.25) is 0 Å². The summed E-state index contributed by atoms with van der Waals surface area (Å²) >= 11 is 0. The average molecular weight is 383 g/mol. The molecule has 2 aromatic rings. The molecule has 11 heteroatoms. The maximum Gasteiger partial charge on any atom is 0.417 e. The number of nitrogens with zero attached hydrogens (tertiary/aromatic N) is 4. The summed E-state index contributed by atoms with van der Waals surface area (Å²) in [6.07, 6.45) is -8.13. The van der Waals surface area contributed by atoms with E-state index in [1.54, 1.807) is 37.3 Å². The van der Waals surface area contributed by atoms with Gasteiger partial charge in [0.05, 0.1) is 18.4 Å². The Morgan fingerprint density at radius 1 is 1.33 bits per heavy atom. The molecule has 8 nitrogen and oxygen atoms in total. The minimum Gasteiger partial charge on any atom is -0.439 e. The third kappa shape index (κ3) is 4.23. The molecule has 1 aromatic carbocycles. The van der Waals surface area contributed by atoms with Crippen LogP contribution in [0, 0.1) is 5.92 Å². The summed E-state index contributed by atoms with van der Waals surface area (Å²) in [4.78, 5) is 25.8. The lowest BCUT2D eigenvalue weighted by atomic mass is 9.97. The molecule has 2 amide bonds. The standard InChI is InChI=1S/C16H16F3N5O3/c1-9-13(10-5-3-2-4-6-10)27-15(26)24(9)14(25)11(8-16(17,18)19)7-12-20-22-23-21-12/h2-6,9,11,13H,7-8H2,1H3,(H,20,21,22,23)/t9-,11?,13-/m1/s1. The number of alkyl halides is 3. The summed E-state index contributed by atoms with van der Waals surface area (Å²) < 4.78 is 44.1. The van der Waals surface area contributed by atoms with Crippen molar-refractivity contribution in [2.24, 2.45) is 5.92 Å². The van der Waals surface area contributed by atoms with Crippen molar-refractivity contribution in [2.45, 2.75) is 38.1 Å². The van der Waals surface area contributed by atoms with E-state index in [2.05, 4.69) is 20.6 Å². The molecule has 0 radical (unpaired) electrons. The largest absolute Gasteiger partial charge is 0.439 e. The van der Waals surface area contributed by atoms with Crippen LogP contribution in [0.1, 0.15) is 30.8 Å². The van der Waals surface area contributed by atoms with Gasteiger partial charge in [-0.15, -0.1) is 10.2 Å². The number of ether oxygens (including phenoxy) is 1. The van der Waals surface area contributed by atoms with E-state index in [0.717, 1.165) is 4.90 Å². The van der Waals surface area contributed by atoms with E-state index in [0.29, 0.717) is 5.56 Å². The highest BCUT2D eigenvalue weighted by Gasteiger charge is 2.47. The fourth-order valence-electron chi connectivity index (χ4n) is 3.06. The number of rotatable bonds is 5. The summed E-state index contributed by atoms with van der Waals surface area (Å²) in [5.74, 6) is -2.59. The van der Waals surface area contributed by atoms with Crippen LogP contribution in [0.5, 0.6) is 0 Å². The van der Waals surface area contributed by atoms with E-state index >= 15 is 0 Å². The van der Waals surface area contributed by atoms with Crippen LogP contribution in [0.15, 0.2) is 30.3 Å². The first-order valence-corrected chi connectivity index (χ1v) is 8.14. The van der Waals surface area contributed by atoms with Crippen LogP contribution in [-0.2, 0) is 16.0 Å². The summed E-state index contributed by atoms with van der Waals surface area (Å²) in [5, 5.41) is 12.6. The summed E-state index contributed by atoms with van der Waals surface area (Å²) in [7, 11) is 0. The van der Waals surface area contributed by atoms with Crippen molar-refractivity contribution in [1.82, 2.24) is 25.5 Å². The Labute approximate surface area is 151 Å². The third-order valence-corrected chi connectivity index (χ3v) is 4.28. The molecule has 27 heavy (non-hydrogen) atoms. The van der Waals surface area contributed by atoms with Gasteiger partial charge >= 0.3 is 12.3 Å². The van der Waals surface area contributed by atoms with Gasteiger partial charge in [0.25, 0.3) is 0 Å². The molecule has 1 saturated heterocycles. The smallest absolute Gasteiger partial charge is 0.417 e. The number of H-pyrrole nitrogens is 1. The molecule has 0 saturated carbocycles. The van der Waals surface area contributed by atoms with Gasteiger partial charge in [0.15, 0.2) is 5.82 Å². The van der Waals surface area contributed by atoms with Crippen molar-refractivity contribution >= 4 is 12.0 Å². The fraction of sp³-hybridized carbons (Fsp3) is 0.438. The van der Waals surface area contributed by atoms with Crippen LogP contribution >= 0.6 is 0 Å². The Balaban J connectivity index is 1.83. The molecule has 144 valence electrons. The van der Waals surface area contributed by atoms with Crippen molar-refractivity contribution in [2.75, 3.05) is 0 Å². The third-order valence-electron chi connectivity index (χ3n) is 4.28. The number of benzene rings is 1. The predicted octanol–water partition coefficient (Wildman–Crippen LogP) is 2.42. The van der Waals surface area contributed by atoms with Gasteiger partial charge in [-0.2, -0.15) is 18.4 Å². The van der Waals surface area contributed by atoms with Crippen LogP contribution in [0.4, 0.5) is 18.0 Å². The van der Waals surface area contributed by atoms with Crippen LogP contribution in [0.25, 0.3) is 0 Å². The van der Waals surface area contributed by atoms with E-state index in [9.17, 15) is 22.8 Å². The minimum atomic E-state index is -4.60. The number of amides is 2. The zero-order valence-corrected chi connectivity index (χ0v) is 14.2. The Bertz CT molecular complexity index is 797. The molecule has 3 atom stereocenters. The second-order valence-corrected chi connectivity index (χ2v) is 6.21. The number of nitrogens with one attached hydrogen (secondary N) is 1. The van der Waals surface area contributed by atoms with Crippen LogP contribution < -0.4 is 0 Å². The molecule has 1 fully saturated rings. The first-order chi connectivity index (χ1) is 12.8. The number of carbonyl (C=O) groups excluding carboxylic acids is 2. The van der Waals surface area contributed by atoms with Gasteiger partial charge in [-0.1, -0.05) is 35.5 Å². The van der Waals surface area contributed by atoms with Crippen LogP contribution in [0.3, 0.4) is 0 Å². The molecule has 0 spiro atoms. The van der Waals surface area contributed by atoms with Crippen molar-refractivity contribution in [3.63, 3.8) is 0 Å². The molecule has 3 rings (SSSR count).